The Morgan fingerprint density at radius 2 is 1.12 bits per heavy atom. The molecule has 0 nitrogen and oxygen atoms in total. The van der Waals surface area contributed by atoms with Gasteiger partial charge in [-0.2, -0.15) is 0 Å². The molecule has 2 aliphatic carbocycles. The number of fused-ring (bicyclic) bond motifs is 10. The first-order valence-electron chi connectivity index (χ1n) is 11.0. The first-order valence-corrected chi connectivity index (χ1v) is 11.8. The van der Waals surface area contributed by atoms with Gasteiger partial charge in [0.25, 0.3) is 0 Å². The number of rotatable bonds is 0. The zero-order valence-corrected chi connectivity index (χ0v) is 18.9. The van der Waals surface area contributed by atoms with E-state index in [0.29, 0.717) is 0 Å². The van der Waals surface area contributed by atoms with E-state index in [2.05, 4.69) is 131 Å². The number of benzene rings is 5. The molecule has 0 saturated heterocycles. The van der Waals surface area contributed by atoms with E-state index in [4.69, 9.17) is 0 Å². The quantitative estimate of drug-likeness (QED) is 0.208. The average molecular weight is 471 g/mol. The monoisotopic (exact) mass is 470 g/mol. The molecule has 1 spiro atoms. The molecule has 0 heterocycles. The largest absolute Gasteiger partial charge is 0.0725 e. The van der Waals surface area contributed by atoms with E-state index in [1.807, 2.05) is 0 Å². The van der Waals surface area contributed by atoms with Crippen LogP contribution in [0.4, 0.5) is 0 Å². The summed E-state index contributed by atoms with van der Waals surface area (Å²) in [5.41, 5.74) is 10.2. The van der Waals surface area contributed by atoms with Gasteiger partial charge in [-0.1, -0.05) is 107 Å². The van der Waals surface area contributed by atoms with Crippen molar-refractivity contribution in [3.63, 3.8) is 0 Å². The lowest BCUT2D eigenvalue weighted by Gasteiger charge is -2.35. The van der Waals surface area contributed by atoms with Crippen LogP contribution in [0.5, 0.6) is 0 Å². The summed E-state index contributed by atoms with van der Waals surface area (Å²) in [6.07, 6.45) is 4.55. The van der Waals surface area contributed by atoms with Crippen molar-refractivity contribution in [3.8, 4) is 11.1 Å². The molecule has 0 N–H and O–H groups in total. The molecule has 1 unspecified atom stereocenters. The minimum atomic E-state index is -0.366. The molecule has 0 amide bonds. The van der Waals surface area contributed by atoms with E-state index in [-0.39, 0.29) is 5.41 Å². The van der Waals surface area contributed by atoms with Gasteiger partial charge in [0.05, 0.1) is 5.41 Å². The molecule has 0 bridgehead atoms. The van der Waals surface area contributed by atoms with Crippen molar-refractivity contribution < 1.29 is 0 Å². The predicted molar refractivity (Wildman–Crippen MR) is 138 cm³/mol. The second-order valence-corrected chi connectivity index (χ2v) is 9.61. The van der Waals surface area contributed by atoms with Crippen LogP contribution >= 0.6 is 15.9 Å². The van der Waals surface area contributed by atoms with Gasteiger partial charge in [0.15, 0.2) is 0 Å². The van der Waals surface area contributed by atoms with Crippen LogP contribution in [0.1, 0.15) is 33.4 Å². The van der Waals surface area contributed by atoms with Crippen molar-refractivity contribution in [3.05, 3.63) is 141 Å². The highest BCUT2D eigenvalue weighted by Gasteiger charge is 2.48. The Hall–Kier alpha value is -3.42. The summed E-state index contributed by atoms with van der Waals surface area (Å²) in [4.78, 5) is 0. The highest BCUT2D eigenvalue weighted by atomic mass is 79.9. The van der Waals surface area contributed by atoms with Crippen molar-refractivity contribution in [2.24, 2.45) is 0 Å². The van der Waals surface area contributed by atoms with E-state index in [0.717, 1.165) is 4.47 Å². The van der Waals surface area contributed by atoms with E-state index in [1.165, 1.54) is 55.3 Å². The average Bonchev–Trinajstić information content (AvgIpc) is 3.03. The van der Waals surface area contributed by atoms with Crippen LogP contribution in [0.3, 0.4) is 0 Å². The van der Waals surface area contributed by atoms with Crippen LogP contribution in [-0.2, 0) is 5.41 Å². The van der Waals surface area contributed by atoms with Crippen molar-refractivity contribution >= 4 is 38.9 Å². The first kappa shape index (κ1) is 18.2. The van der Waals surface area contributed by atoms with Crippen LogP contribution in [0.25, 0.3) is 34.1 Å². The lowest BCUT2D eigenvalue weighted by molar-refractivity contribution is 0.766. The Bertz CT molecular complexity index is 1590. The third-order valence-corrected chi connectivity index (χ3v) is 7.63. The van der Waals surface area contributed by atoms with Crippen LogP contribution < -0.4 is 0 Å². The van der Waals surface area contributed by atoms with Gasteiger partial charge in [0, 0.05) is 4.47 Å². The molecule has 1 atom stereocenters. The fourth-order valence-corrected chi connectivity index (χ4v) is 6.21. The fraction of sp³-hybridized carbons (Fsp3) is 0.0323. The van der Waals surface area contributed by atoms with Gasteiger partial charge in [0.2, 0.25) is 0 Å². The smallest absolute Gasteiger partial charge is 0.0619 e. The summed E-state index contributed by atoms with van der Waals surface area (Å²) < 4.78 is 1.11. The normalized spacial score (nSPS) is 17.5. The molecule has 0 aromatic heterocycles. The molecule has 0 radical (unpaired) electrons. The maximum Gasteiger partial charge on any atom is 0.0725 e. The van der Waals surface area contributed by atoms with Gasteiger partial charge in [-0.3, -0.25) is 0 Å². The van der Waals surface area contributed by atoms with Gasteiger partial charge in [0.1, 0.15) is 0 Å². The van der Waals surface area contributed by atoms with Crippen molar-refractivity contribution in [1.82, 2.24) is 0 Å². The van der Waals surface area contributed by atoms with Gasteiger partial charge in [-0.15, -0.1) is 0 Å². The van der Waals surface area contributed by atoms with Crippen molar-refractivity contribution in [1.29, 1.82) is 0 Å². The van der Waals surface area contributed by atoms with E-state index < -0.39 is 0 Å². The highest BCUT2D eigenvalue weighted by molar-refractivity contribution is 9.10. The number of halogens is 1. The molecule has 0 fully saturated rings. The van der Waals surface area contributed by atoms with Gasteiger partial charge in [-0.25, -0.2) is 0 Å². The molecule has 1 heteroatoms. The summed E-state index contributed by atoms with van der Waals surface area (Å²) in [6.45, 7) is 0. The van der Waals surface area contributed by atoms with Gasteiger partial charge in [-0.05, 0) is 79.5 Å². The van der Waals surface area contributed by atoms with E-state index in [9.17, 15) is 0 Å². The molecule has 5 aromatic rings. The Morgan fingerprint density at radius 3 is 1.97 bits per heavy atom. The molecular formula is C31H19Br. The maximum absolute atomic E-state index is 3.78. The molecule has 0 aliphatic heterocycles. The van der Waals surface area contributed by atoms with Crippen LogP contribution in [-0.4, -0.2) is 0 Å². The van der Waals surface area contributed by atoms with Gasteiger partial charge < -0.3 is 0 Å². The predicted octanol–water partition coefficient (Wildman–Crippen LogP) is 8.45. The SMILES string of the molecule is Brc1ccc2c(c1)C1(c3ccccc3C=C2)c2ccccc2-c2cc3ccccc3cc21. The summed E-state index contributed by atoms with van der Waals surface area (Å²) in [7, 11) is 0. The number of hydrogen-bond acceptors (Lipinski definition) is 0. The fourth-order valence-electron chi connectivity index (χ4n) is 5.85. The lowest BCUT2D eigenvalue weighted by atomic mass is 9.66. The molecule has 5 aromatic carbocycles. The Balaban J connectivity index is 1.75. The molecule has 150 valence electrons. The van der Waals surface area contributed by atoms with Crippen LogP contribution in [0.2, 0.25) is 0 Å². The first-order chi connectivity index (χ1) is 15.8. The Labute approximate surface area is 196 Å². The maximum atomic E-state index is 3.78. The van der Waals surface area contributed by atoms with Crippen molar-refractivity contribution in [2.75, 3.05) is 0 Å². The summed E-state index contributed by atoms with van der Waals surface area (Å²) in [5.74, 6) is 0. The zero-order valence-electron chi connectivity index (χ0n) is 17.3. The third-order valence-electron chi connectivity index (χ3n) is 7.14. The minimum absolute atomic E-state index is 0.366. The summed E-state index contributed by atoms with van der Waals surface area (Å²) in [6, 6.07) is 38.1. The molecule has 2 aliphatic rings. The molecule has 7 rings (SSSR count). The molecule has 0 saturated carbocycles. The van der Waals surface area contributed by atoms with Crippen molar-refractivity contribution in [2.45, 2.75) is 5.41 Å². The summed E-state index contributed by atoms with van der Waals surface area (Å²) in [5, 5.41) is 2.57. The highest BCUT2D eigenvalue weighted by Crippen LogP contribution is 2.59. The third kappa shape index (κ3) is 2.27. The second kappa shape index (κ2) is 6.54. The standard InChI is InChI=1S/C31H19Br/c32-24-16-15-21-14-13-20-7-3-5-11-27(20)31(29(21)19-24)28-12-6-4-10-25(28)26-17-22-8-1-2-9-23(22)18-30(26)31/h1-19H. The van der Waals surface area contributed by atoms with E-state index in [1.54, 1.807) is 0 Å². The van der Waals surface area contributed by atoms with Crippen LogP contribution in [0.15, 0.2) is 108 Å². The minimum Gasteiger partial charge on any atom is -0.0619 e. The van der Waals surface area contributed by atoms with E-state index >= 15 is 0 Å². The zero-order chi connectivity index (χ0) is 21.3. The topological polar surface area (TPSA) is 0 Å². The summed E-state index contributed by atoms with van der Waals surface area (Å²) >= 11 is 3.78. The Morgan fingerprint density at radius 1 is 0.469 bits per heavy atom. The molecule has 32 heavy (non-hydrogen) atoms. The Kier molecular flexibility index (Phi) is 3.72. The molecular weight excluding hydrogens is 452 g/mol. The van der Waals surface area contributed by atoms with Gasteiger partial charge >= 0.3 is 0 Å². The number of hydrogen-bond donors (Lipinski definition) is 0. The second-order valence-electron chi connectivity index (χ2n) is 8.69. The van der Waals surface area contributed by atoms with Crippen LogP contribution in [0, 0.1) is 0 Å². The lowest BCUT2D eigenvalue weighted by Crippen LogP contribution is -2.30.